The van der Waals surface area contributed by atoms with Gasteiger partial charge in [-0.25, -0.2) is 0 Å². The van der Waals surface area contributed by atoms with Gasteiger partial charge in [0.25, 0.3) is 10.1 Å². The molecule has 33 heavy (non-hydrogen) atoms. The lowest BCUT2D eigenvalue weighted by atomic mass is 9.78. The van der Waals surface area contributed by atoms with Gasteiger partial charge in [-0.05, 0) is 72.4 Å². The first-order chi connectivity index (χ1) is 15.8. The fraction of sp³-hybridized carbons (Fsp3) is 0.586. The molecule has 3 nitrogen and oxygen atoms in total. The van der Waals surface area contributed by atoms with Crippen molar-refractivity contribution in [1.29, 1.82) is 0 Å². The zero-order valence-electron chi connectivity index (χ0n) is 20.6. The molecule has 0 unspecified atom stereocenters. The van der Waals surface area contributed by atoms with Crippen LogP contribution >= 0.6 is 0 Å². The average molecular weight is 471 g/mol. The molecule has 1 N–H and O–H groups in total. The molecule has 0 saturated heterocycles. The average Bonchev–Trinajstić information content (AvgIpc) is 2.79. The molecule has 0 atom stereocenters. The van der Waals surface area contributed by atoms with Crippen molar-refractivity contribution in [3.8, 4) is 0 Å². The summed E-state index contributed by atoms with van der Waals surface area (Å²) < 4.78 is 32.2. The van der Waals surface area contributed by atoms with E-state index < -0.39 is 10.1 Å². The van der Waals surface area contributed by atoms with Crippen LogP contribution in [0.1, 0.15) is 99.8 Å². The van der Waals surface area contributed by atoms with Crippen molar-refractivity contribution in [1.82, 2.24) is 0 Å². The van der Waals surface area contributed by atoms with Crippen molar-refractivity contribution in [3.63, 3.8) is 0 Å². The van der Waals surface area contributed by atoms with E-state index in [0.29, 0.717) is 6.42 Å². The van der Waals surface area contributed by atoms with Crippen LogP contribution < -0.4 is 0 Å². The summed E-state index contributed by atoms with van der Waals surface area (Å²) >= 11 is 0. The quantitative estimate of drug-likeness (QED) is 0.253. The van der Waals surface area contributed by atoms with Crippen LogP contribution in [0, 0.1) is 18.8 Å². The minimum Gasteiger partial charge on any atom is -0.282 e. The Balaban J connectivity index is 1.39. The van der Waals surface area contributed by atoms with Gasteiger partial charge in [0.05, 0.1) is 4.90 Å². The van der Waals surface area contributed by atoms with Crippen molar-refractivity contribution in [2.75, 3.05) is 0 Å². The lowest BCUT2D eigenvalue weighted by Gasteiger charge is -2.28. The predicted molar refractivity (Wildman–Crippen MR) is 137 cm³/mol. The summed E-state index contributed by atoms with van der Waals surface area (Å²) in [5.74, 6) is 1.96. The van der Waals surface area contributed by atoms with Gasteiger partial charge in [0, 0.05) is 0 Å². The van der Waals surface area contributed by atoms with Gasteiger partial charge in [0.15, 0.2) is 0 Å². The summed E-state index contributed by atoms with van der Waals surface area (Å²) in [6, 6.07) is 13.5. The highest BCUT2D eigenvalue weighted by Crippen LogP contribution is 2.34. The lowest BCUT2D eigenvalue weighted by molar-refractivity contribution is 0.245. The summed E-state index contributed by atoms with van der Waals surface area (Å²) in [4.78, 5) is -0.0373. The molecule has 0 aliphatic heterocycles. The van der Waals surface area contributed by atoms with E-state index in [1.54, 1.807) is 12.1 Å². The summed E-state index contributed by atoms with van der Waals surface area (Å²) in [6.45, 7) is 4.26. The third-order valence-electron chi connectivity index (χ3n) is 7.55. The number of benzene rings is 2. The van der Waals surface area contributed by atoms with E-state index in [-0.39, 0.29) is 4.90 Å². The normalized spacial score (nSPS) is 19.0. The Morgan fingerprint density at radius 2 is 1.39 bits per heavy atom. The predicted octanol–water partition coefficient (Wildman–Crippen LogP) is 7.93. The van der Waals surface area contributed by atoms with Gasteiger partial charge in [-0.3, -0.25) is 4.55 Å². The molecule has 182 valence electrons. The van der Waals surface area contributed by atoms with Crippen LogP contribution in [0.3, 0.4) is 0 Å². The third kappa shape index (κ3) is 8.57. The fourth-order valence-electron chi connectivity index (χ4n) is 5.30. The first-order valence-electron chi connectivity index (χ1n) is 13.0. The fourth-order valence-corrected chi connectivity index (χ4v) is 5.83. The highest BCUT2D eigenvalue weighted by molar-refractivity contribution is 7.85. The maximum atomic E-state index is 11.4. The van der Waals surface area contributed by atoms with Crippen molar-refractivity contribution in [2.45, 2.75) is 102 Å². The van der Waals surface area contributed by atoms with Gasteiger partial charge in [0.1, 0.15) is 0 Å². The van der Waals surface area contributed by atoms with E-state index in [4.69, 9.17) is 0 Å². The number of hydrogen-bond donors (Lipinski definition) is 1. The van der Waals surface area contributed by atoms with Crippen LogP contribution in [0.5, 0.6) is 0 Å². The summed E-state index contributed by atoms with van der Waals surface area (Å²) in [7, 11) is -4.17. The SMILES string of the molecule is CCCCC[C@H]1CC[C@H](CCCCc2ccc(Cc3cc(S(=O)(=O)O)ccc3C)cc2)CC1. The molecule has 0 aromatic heterocycles. The van der Waals surface area contributed by atoms with Crippen LogP contribution in [0.25, 0.3) is 0 Å². The number of aryl methyl sites for hydroxylation is 2. The highest BCUT2D eigenvalue weighted by Gasteiger charge is 2.20. The van der Waals surface area contributed by atoms with Gasteiger partial charge in [-0.1, -0.05) is 101 Å². The van der Waals surface area contributed by atoms with E-state index >= 15 is 0 Å². The van der Waals surface area contributed by atoms with E-state index in [0.717, 1.165) is 34.9 Å². The molecule has 3 rings (SSSR count). The second kappa shape index (κ2) is 12.7. The minimum absolute atomic E-state index is 0.0373. The van der Waals surface area contributed by atoms with Gasteiger partial charge >= 0.3 is 0 Å². The van der Waals surface area contributed by atoms with Crippen molar-refractivity contribution in [2.24, 2.45) is 11.8 Å². The van der Waals surface area contributed by atoms with Crippen molar-refractivity contribution >= 4 is 10.1 Å². The van der Waals surface area contributed by atoms with Gasteiger partial charge in [0.2, 0.25) is 0 Å². The number of hydrogen-bond acceptors (Lipinski definition) is 2. The van der Waals surface area contributed by atoms with E-state index in [9.17, 15) is 13.0 Å². The van der Waals surface area contributed by atoms with Gasteiger partial charge in [-0.2, -0.15) is 8.42 Å². The molecule has 0 spiro atoms. The topological polar surface area (TPSA) is 54.4 Å². The van der Waals surface area contributed by atoms with Crippen LogP contribution in [-0.4, -0.2) is 13.0 Å². The minimum atomic E-state index is -4.17. The summed E-state index contributed by atoms with van der Waals surface area (Å²) in [5, 5.41) is 0. The third-order valence-corrected chi connectivity index (χ3v) is 8.40. The smallest absolute Gasteiger partial charge is 0.282 e. The van der Waals surface area contributed by atoms with Gasteiger partial charge < -0.3 is 0 Å². The Hall–Kier alpha value is -1.65. The molecule has 0 heterocycles. The second-order valence-electron chi connectivity index (χ2n) is 10.2. The molecular formula is C29H42O3S. The Bertz CT molecular complexity index is 955. The Morgan fingerprint density at radius 1 is 0.818 bits per heavy atom. The van der Waals surface area contributed by atoms with Crippen LogP contribution in [-0.2, 0) is 23.0 Å². The summed E-state index contributed by atoms with van der Waals surface area (Å²) in [5.41, 5.74) is 4.49. The molecule has 2 aromatic rings. The zero-order valence-corrected chi connectivity index (χ0v) is 21.4. The zero-order chi connectivity index (χ0) is 23.7. The molecule has 2 aromatic carbocycles. The van der Waals surface area contributed by atoms with Crippen molar-refractivity contribution in [3.05, 3.63) is 64.7 Å². The molecule has 0 radical (unpaired) electrons. The first-order valence-corrected chi connectivity index (χ1v) is 14.4. The van der Waals surface area contributed by atoms with Crippen LogP contribution in [0.2, 0.25) is 0 Å². The molecule has 4 heteroatoms. The monoisotopic (exact) mass is 470 g/mol. The molecule has 1 fully saturated rings. The molecule has 1 aliphatic carbocycles. The first kappa shape index (κ1) is 26.0. The van der Waals surface area contributed by atoms with Crippen LogP contribution in [0.4, 0.5) is 0 Å². The highest BCUT2D eigenvalue weighted by atomic mass is 32.2. The second-order valence-corrected chi connectivity index (χ2v) is 11.6. The largest absolute Gasteiger partial charge is 0.294 e. The molecule has 0 bridgehead atoms. The summed E-state index contributed by atoms with van der Waals surface area (Å²) in [6.07, 6.45) is 17.2. The Labute approximate surface area is 201 Å². The Morgan fingerprint density at radius 3 is 1.97 bits per heavy atom. The maximum Gasteiger partial charge on any atom is 0.294 e. The number of rotatable bonds is 12. The maximum absolute atomic E-state index is 11.4. The molecule has 1 saturated carbocycles. The number of unbranched alkanes of at least 4 members (excludes halogenated alkanes) is 3. The van der Waals surface area contributed by atoms with Crippen LogP contribution in [0.15, 0.2) is 47.4 Å². The van der Waals surface area contributed by atoms with Crippen molar-refractivity contribution < 1.29 is 13.0 Å². The molecular weight excluding hydrogens is 428 g/mol. The van der Waals surface area contributed by atoms with Gasteiger partial charge in [-0.15, -0.1) is 0 Å². The molecule has 1 aliphatic rings. The standard InChI is InChI=1S/C29H42O3S/c1-3-4-5-8-24-12-14-25(15-13-24)9-6-7-10-26-16-18-27(19-17-26)21-28-22-29(33(30,31)32)20-11-23(28)2/h11,16-20,22,24-25H,3-10,12-15,21H2,1-2H3,(H,30,31,32)/t24-,25-. The Kier molecular flexibility index (Phi) is 10.0. The van der Waals surface area contributed by atoms with E-state index in [1.807, 2.05) is 6.92 Å². The lowest BCUT2D eigenvalue weighted by Crippen LogP contribution is -2.14. The molecule has 0 amide bonds. The van der Waals surface area contributed by atoms with E-state index in [2.05, 4.69) is 31.2 Å². The van der Waals surface area contributed by atoms with E-state index in [1.165, 1.54) is 82.3 Å².